The third-order valence-electron chi connectivity index (χ3n) is 4.26. The first kappa shape index (κ1) is 20.4. The van der Waals surface area contributed by atoms with Crippen LogP contribution in [0.15, 0.2) is 48.9 Å². The highest BCUT2D eigenvalue weighted by atomic mass is 35.5. The Kier molecular flexibility index (Phi) is 6.76. The van der Waals surface area contributed by atoms with Crippen LogP contribution in [0.3, 0.4) is 0 Å². The Labute approximate surface area is 175 Å². The van der Waals surface area contributed by atoms with Crippen LogP contribution < -0.4 is 4.74 Å². The van der Waals surface area contributed by atoms with Crippen LogP contribution in [0.25, 0.3) is 27.1 Å². The standard InChI is InChI=1S/C23H24ClNO2S/c1-5-18-16(11-12-26-4)7-6-8-19(18)22-14-25-23(28-22)17-9-10-21(20(24)13-17)27-15(2)3/h6-15H,5H2,1-4H3/b12-11+. The monoisotopic (exact) mass is 413 g/mol. The number of halogens is 1. The third kappa shape index (κ3) is 4.57. The van der Waals surface area contributed by atoms with Gasteiger partial charge in [-0.1, -0.05) is 36.7 Å². The van der Waals surface area contributed by atoms with E-state index in [2.05, 4.69) is 30.1 Å². The molecule has 3 nitrogen and oxygen atoms in total. The molecule has 0 aliphatic rings. The largest absolute Gasteiger partial charge is 0.504 e. The van der Waals surface area contributed by atoms with E-state index in [-0.39, 0.29) is 6.10 Å². The molecular weight excluding hydrogens is 390 g/mol. The van der Waals surface area contributed by atoms with E-state index in [0.717, 1.165) is 27.4 Å². The summed E-state index contributed by atoms with van der Waals surface area (Å²) in [6, 6.07) is 12.1. The molecule has 3 aromatic rings. The van der Waals surface area contributed by atoms with E-state index >= 15 is 0 Å². The molecule has 28 heavy (non-hydrogen) atoms. The number of benzene rings is 2. The molecule has 0 bridgehead atoms. The van der Waals surface area contributed by atoms with E-state index in [0.29, 0.717) is 10.8 Å². The smallest absolute Gasteiger partial charge is 0.138 e. The number of hydrogen-bond donors (Lipinski definition) is 0. The van der Waals surface area contributed by atoms with E-state index in [1.54, 1.807) is 24.7 Å². The van der Waals surface area contributed by atoms with Crippen LogP contribution in [-0.2, 0) is 11.2 Å². The van der Waals surface area contributed by atoms with Gasteiger partial charge in [-0.2, -0.15) is 0 Å². The summed E-state index contributed by atoms with van der Waals surface area (Å²) in [4.78, 5) is 5.78. The van der Waals surface area contributed by atoms with Gasteiger partial charge in [-0.25, -0.2) is 4.98 Å². The van der Waals surface area contributed by atoms with Crippen molar-refractivity contribution < 1.29 is 9.47 Å². The molecule has 0 aliphatic heterocycles. The average Bonchev–Trinajstić information content (AvgIpc) is 3.17. The van der Waals surface area contributed by atoms with Crippen molar-refractivity contribution in [3.05, 3.63) is 65.0 Å². The van der Waals surface area contributed by atoms with Crippen molar-refractivity contribution >= 4 is 29.0 Å². The van der Waals surface area contributed by atoms with E-state index in [9.17, 15) is 0 Å². The fraction of sp³-hybridized carbons (Fsp3) is 0.261. The van der Waals surface area contributed by atoms with Crippen molar-refractivity contribution in [2.45, 2.75) is 33.3 Å². The van der Waals surface area contributed by atoms with Crippen LogP contribution in [0.2, 0.25) is 5.02 Å². The maximum atomic E-state index is 6.40. The summed E-state index contributed by atoms with van der Waals surface area (Å²) in [7, 11) is 1.66. The summed E-state index contributed by atoms with van der Waals surface area (Å²) in [6.07, 6.45) is 6.66. The zero-order valence-electron chi connectivity index (χ0n) is 16.5. The summed E-state index contributed by atoms with van der Waals surface area (Å²) in [5, 5.41) is 1.54. The Morgan fingerprint density at radius 3 is 2.71 bits per heavy atom. The third-order valence-corrected chi connectivity index (χ3v) is 5.64. The van der Waals surface area contributed by atoms with Crippen molar-refractivity contribution in [2.75, 3.05) is 7.11 Å². The van der Waals surface area contributed by atoms with Gasteiger partial charge in [0.2, 0.25) is 0 Å². The van der Waals surface area contributed by atoms with Crippen LogP contribution in [0, 0.1) is 0 Å². The Bertz CT molecular complexity index is 978. The van der Waals surface area contributed by atoms with Crippen molar-refractivity contribution in [3.63, 3.8) is 0 Å². The SMILES string of the molecule is CCc1c(/C=C/OC)cccc1-c1cnc(-c2ccc(OC(C)C)c(Cl)c2)s1. The molecule has 0 amide bonds. The molecule has 0 N–H and O–H groups in total. The second-order valence-electron chi connectivity index (χ2n) is 6.61. The maximum absolute atomic E-state index is 6.40. The lowest BCUT2D eigenvalue weighted by Crippen LogP contribution is -2.05. The molecule has 0 radical (unpaired) electrons. The second kappa shape index (κ2) is 9.26. The van der Waals surface area contributed by atoms with Gasteiger partial charge in [0.05, 0.1) is 29.4 Å². The maximum Gasteiger partial charge on any atom is 0.138 e. The lowest BCUT2D eigenvalue weighted by molar-refractivity contribution is 0.242. The quantitative estimate of drug-likeness (QED) is 0.387. The number of rotatable bonds is 7. The second-order valence-corrected chi connectivity index (χ2v) is 8.04. The summed E-state index contributed by atoms with van der Waals surface area (Å²) in [5.41, 5.74) is 4.64. The molecule has 146 valence electrons. The van der Waals surface area contributed by atoms with Gasteiger partial charge in [0.25, 0.3) is 0 Å². The van der Waals surface area contributed by atoms with Gasteiger partial charge in [-0.3, -0.25) is 0 Å². The Morgan fingerprint density at radius 1 is 1.21 bits per heavy atom. The Hall–Kier alpha value is -2.30. The molecular formula is C23H24ClNO2S. The molecule has 0 saturated carbocycles. The van der Waals surface area contributed by atoms with Gasteiger partial charge in [0.1, 0.15) is 10.8 Å². The van der Waals surface area contributed by atoms with Crippen LogP contribution in [0.1, 0.15) is 31.9 Å². The first-order valence-corrected chi connectivity index (χ1v) is 10.5. The predicted octanol–water partition coefficient (Wildman–Crippen LogP) is 7.10. The number of ether oxygens (including phenoxy) is 2. The van der Waals surface area contributed by atoms with Crippen LogP contribution in [0.4, 0.5) is 0 Å². The zero-order valence-corrected chi connectivity index (χ0v) is 18.1. The normalized spacial score (nSPS) is 11.4. The lowest BCUT2D eigenvalue weighted by Gasteiger charge is -2.11. The summed E-state index contributed by atoms with van der Waals surface area (Å²) in [6.45, 7) is 6.13. The molecule has 0 fully saturated rings. The first-order chi connectivity index (χ1) is 13.5. The Balaban J connectivity index is 1.95. The van der Waals surface area contributed by atoms with Gasteiger partial charge in [0, 0.05) is 11.8 Å². The molecule has 3 rings (SSSR count). The van der Waals surface area contributed by atoms with Crippen LogP contribution >= 0.6 is 22.9 Å². The number of hydrogen-bond acceptors (Lipinski definition) is 4. The number of methoxy groups -OCH3 is 1. The lowest BCUT2D eigenvalue weighted by atomic mass is 9.98. The van der Waals surface area contributed by atoms with Gasteiger partial charge < -0.3 is 9.47 Å². The van der Waals surface area contributed by atoms with Gasteiger partial charge in [-0.05, 0) is 61.2 Å². The van der Waals surface area contributed by atoms with Crippen molar-refractivity contribution in [1.82, 2.24) is 4.98 Å². The van der Waals surface area contributed by atoms with E-state index in [1.807, 2.05) is 44.3 Å². The van der Waals surface area contributed by atoms with Crippen molar-refractivity contribution in [3.8, 4) is 26.8 Å². The molecule has 2 aromatic carbocycles. The minimum Gasteiger partial charge on any atom is -0.504 e. The van der Waals surface area contributed by atoms with E-state index < -0.39 is 0 Å². The average molecular weight is 414 g/mol. The summed E-state index contributed by atoms with van der Waals surface area (Å²) in [5.74, 6) is 0.697. The number of aromatic nitrogens is 1. The molecule has 5 heteroatoms. The van der Waals surface area contributed by atoms with E-state index in [1.165, 1.54) is 11.1 Å². The van der Waals surface area contributed by atoms with Gasteiger partial charge in [-0.15, -0.1) is 11.3 Å². The van der Waals surface area contributed by atoms with Crippen molar-refractivity contribution in [2.24, 2.45) is 0 Å². The van der Waals surface area contributed by atoms with Gasteiger partial charge >= 0.3 is 0 Å². The fourth-order valence-electron chi connectivity index (χ4n) is 3.04. The fourth-order valence-corrected chi connectivity index (χ4v) is 4.23. The molecule has 0 atom stereocenters. The molecule has 1 heterocycles. The minimum atomic E-state index is 0.0849. The van der Waals surface area contributed by atoms with Gasteiger partial charge in [0.15, 0.2) is 0 Å². The zero-order chi connectivity index (χ0) is 20.1. The Morgan fingerprint density at radius 2 is 2.04 bits per heavy atom. The predicted molar refractivity (Wildman–Crippen MR) is 119 cm³/mol. The summed E-state index contributed by atoms with van der Waals surface area (Å²) < 4.78 is 10.8. The minimum absolute atomic E-state index is 0.0849. The number of nitrogens with zero attached hydrogens (tertiary/aromatic N) is 1. The molecule has 0 spiro atoms. The molecule has 0 saturated heterocycles. The van der Waals surface area contributed by atoms with Crippen molar-refractivity contribution in [1.29, 1.82) is 0 Å². The molecule has 0 unspecified atom stereocenters. The van der Waals surface area contributed by atoms with E-state index in [4.69, 9.17) is 21.1 Å². The topological polar surface area (TPSA) is 31.4 Å². The number of thiazole rings is 1. The highest BCUT2D eigenvalue weighted by molar-refractivity contribution is 7.18. The summed E-state index contributed by atoms with van der Waals surface area (Å²) >= 11 is 8.06. The first-order valence-electron chi connectivity index (χ1n) is 9.27. The highest BCUT2D eigenvalue weighted by Gasteiger charge is 2.13. The van der Waals surface area contributed by atoms with Crippen LogP contribution in [0.5, 0.6) is 5.75 Å². The highest BCUT2D eigenvalue weighted by Crippen LogP contribution is 2.37. The molecule has 0 aliphatic carbocycles. The van der Waals surface area contributed by atoms with Crippen LogP contribution in [-0.4, -0.2) is 18.2 Å². The molecule has 1 aromatic heterocycles.